The van der Waals surface area contributed by atoms with Gasteiger partial charge in [0.2, 0.25) is 0 Å². The van der Waals surface area contributed by atoms with Gasteiger partial charge in [0.25, 0.3) is 0 Å². The van der Waals surface area contributed by atoms with Crippen molar-refractivity contribution in [2.45, 2.75) is 39.0 Å². The smallest absolute Gasteiger partial charge is 0.0150 e. The second-order valence-corrected chi connectivity index (χ2v) is 5.34. The van der Waals surface area contributed by atoms with Crippen LogP contribution in [0.3, 0.4) is 0 Å². The topological polar surface area (TPSA) is 0 Å². The molecule has 1 aromatic rings. The number of thioether (sulfide) groups is 1. The minimum atomic E-state index is 0.541. The van der Waals surface area contributed by atoms with Gasteiger partial charge in [-0.1, -0.05) is 51.2 Å². The highest BCUT2D eigenvalue weighted by atomic mass is 32.2. The minimum absolute atomic E-state index is 0.541. The van der Waals surface area contributed by atoms with Crippen molar-refractivity contribution in [1.82, 2.24) is 0 Å². The van der Waals surface area contributed by atoms with Crippen molar-refractivity contribution in [3.63, 3.8) is 0 Å². The molecule has 0 N–H and O–H groups in total. The standard InChI is InChI=1S/C14H20S/c1-6-13-8-7-11(4)14(9-13)15-12(5)10(2)3/h7-10H,5-6H2,1-4H3. The van der Waals surface area contributed by atoms with Crippen molar-refractivity contribution >= 4 is 11.8 Å². The highest BCUT2D eigenvalue weighted by Crippen LogP contribution is 2.33. The molecule has 1 heteroatoms. The maximum Gasteiger partial charge on any atom is 0.0150 e. The lowest BCUT2D eigenvalue weighted by Gasteiger charge is -2.12. The lowest BCUT2D eigenvalue weighted by atomic mass is 10.1. The van der Waals surface area contributed by atoms with Crippen molar-refractivity contribution in [3.05, 3.63) is 40.8 Å². The van der Waals surface area contributed by atoms with Gasteiger partial charge in [-0.15, -0.1) is 0 Å². The van der Waals surface area contributed by atoms with Crippen LogP contribution < -0.4 is 0 Å². The van der Waals surface area contributed by atoms with E-state index in [2.05, 4.69) is 52.5 Å². The molecule has 0 aromatic heterocycles. The van der Waals surface area contributed by atoms with E-state index in [0.717, 1.165) is 6.42 Å². The summed E-state index contributed by atoms with van der Waals surface area (Å²) in [6.45, 7) is 12.8. The van der Waals surface area contributed by atoms with Crippen molar-refractivity contribution in [2.24, 2.45) is 5.92 Å². The van der Waals surface area contributed by atoms with Crippen molar-refractivity contribution < 1.29 is 0 Å². The number of aryl methyl sites for hydroxylation is 2. The number of allylic oxidation sites excluding steroid dienone is 1. The zero-order chi connectivity index (χ0) is 11.4. The Labute approximate surface area is 97.8 Å². The molecule has 0 aliphatic carbocycles. The summed E-state index contributed by atoms with van der Waals surface area (Å²) in [4.78, 5) is 2.60. The first-order valence-corrected chi connectivity index (χ1v) is 6.32. The van der Waals surface area contributed by atoms with Gasteiger partial charge in [-0.3, -0.25) is 0 Å². The van der Waals surface area contributed by atoms with Crippen LogP contribution in [-0.2, 0) is 6.42 Å². The number of benzene rings is 1. The molecule has 0 saturated heterocycles. The van der Waals surface area contributed by atoms with Crippen LogP contribution in [0.4, 0.5) is 0 Å². The SMILES string of the molecule is C=C(Sc1cc(CC)ccc1C)C(C)C. The summed E-state index contributed by atoms with van der Waals surface area (Å²) in [5.41, 5.74) is 2.75. The molecule has 15 heavy (non-hydrogen) atoms. The predicted octanol–water partition coefficient (Wildman–Crippen LogP) is 4.82. The first-order valence-electron chi connectivity index (χ1n) is 5.50. The van der Waals surface area contributed by atoms with E-state index in [1.165, 1.54) is 20.9 Å². The quantitative estimate of drug-likeness (QED) is 0.656. The third kappa shape index (κ3) is 3.42. The fourth-order valence-corrected chi connectivity index (χ4v) is 2.19. The van der Waals surface area contributed by atoms with Gasteiger partial charge in [0.1, 0.15) is 0 Å². The normalized spacial score (nSPS) is 10.7. The van der Waals surface area contributed by atoms with E-state index in [1.807, 2.05) is 11.8 Å². The molecule has 1 rings (SSSR count). The monoisotopic (exact) mass is 220 g/mol. The van der Waals surface area contributed by atoms with Gasteiger partial charge in [-0.2, -0.15) is 0 Å². The molecular weight excluding hydrogens is 200 g/mol. The minimum Gasteiger partial charge on any atom is -0.0946 e. The van der Waals surface area contributed by atoms with Crippen molar-refractivity contribution in [2.75, 3.05) is 0 Å². The molecular formula is C14H20S. The first kappa shape index (κ1) is 12.4. The van der Waals surface area contributed by atoms with Crippen LogP contribution in [0.2, 0.25) is 0 Å². The highest BCUT2D eigenvalue weighted by molar-refractivity contribution is 8.03. The molecule has 0 nitrogen and oxygen atoms in total. The molecule has 0 bridgehead atoms. The molecule has 0 spiro atoms. The third-order valence-corrected chi connectivity index (χ3v) is 3.94. The number of hydrogen-bond acceptors (Lipinski definition) is 1. The van der Waals surface area contributed by atoms with Crippen LogP contribution >= 0.6 is 11.8 Å². The number of rotatable bonds is 4. The number of hydrogen-bond donors (Lipinski definition) is 0. The molecule has 82 valence electrons. The van der Waals surface area contributed by atoms with E-state index in [9.17, 15) is 0 Å². The average Bonchev–Trinajstić information content (AvgIpc) is 2.21. The molecule has 0 unspecified atom stereocenters. The maximum absolute atomic E-state index is 4.11. The van der Waals surface area contributed by atoms with Gasteiger partial charge in [-0.05, 0) is 41.4 Å². The zero-order valence-corrected chi connectivity index (χ0v) is 10.9. The molecule has 0 saturated carbocycles. The second kappa shape index (κ2) is 5.41. The van der Waals surface area contributed by atoms with E-state index in [4.69, 9.17) is 0 Å². The first-order chi connectivity index (χ1) is 7.04. The molecule has 0 atom stereocenters. The third-order valence-electron chi connectivity index (χ3n) is 2.55. The summed E-state index contributed by atoms with van der Waals surface area (Å²) in [7, 11) is 0. The van der Waals surface area contributed by atoms with Gasteiger partial charge in [0.15, 0.2) is 0 Å². The molecule has 0 radical (unpaired) electrons. The van der Waals surface area contributed by atoms with E-state index in [1.54, 1.807) is 0 Å². The summed E-state index contributed by atoms with van der Waals surface area (Å²) >= 11 is 1.81. The van der Waals surface area contributed by atoms with Gasteiger partial charge in [0.05, 0.1) is 0 Å². The Morgan fingerprint density at radius 2 is 2.07 bits per heavy atom. The zero-order valence-electron chi connectivity index (χ0n) is 10.1. The van der Waals surface area contributed by atoms with Gasteiger partial charge in [-0.25, -0.2) is 0 Å². The van der Waals surface area contributed by atoms with Crippen LogP contribution in [0.25, 0.3) is 0 Å². The maximum atomic E-state index is 4.11. The summed E-state index contributed by atoms with van der Waals surface area (Å²) in [6.07, 6.45) is 1.10. The lowest BCUT2D eigenvalue weighted by molar-refractivity contribution is 0.819. The highest BCUT2D eigenvalue weighted by Gasteiger charge is 2.05. The van der Waals surface area contributed by atoms with Gasteiger partial charge >= 0.3 is 0 Å². The van der Waals surface area contributed by atoms with Gasteiger partial charge < -0.3 is 0 Å². The van der Waals surface area contributed by atoms with Crippen LogP contribution in [0, 0.1) is 12.8 Å². The summed E-state index contributed by atoms with van der Waals surface area (Å²) in [5, 5.41) is 0. The van der Waals surface area contributed by atoms with Crippen molar-refractivity contribution in [1.29, 1.82) is 0 Å². The summed E-state index contributed by atoms with van der Waals surface area (Å²) < 4.78 is 0. The Morgan fingerprint density at radius 3 is 2.60 bits per heavy atom. The van der Waals surface area contributed by atoms with E-state index in [0.29, 0.717) is 5.92 Å². The predicted molar refractivity (Wildman–Crippen MR) is 70.4 cm³/mol. The molecule has 0 fully saturated rings. The molecule has 0 heterocycles. The Bertz CT molecular complexity index is 350. The fraction of sp³-hybridized carbons (Fsp3) is 0.429. The Morgan fingerprint density at radius 1 is 1.40 bits per heavy atom. The van der Waals surface area contributed by atoms with Crippen LogP contribution in [0.5, 0.6) is 0 Å². The fourth-order valence-electron chi connectivity index (χ4n) is 1.23. The van der Waals surface area contributed by atoms with E-state index in [-0.39, 0.29) is 0 Å². The Hall–Kier alpha value is -0.690. The molecule has 0 aliphatic rings. The molecule has 1 aromatic carbocycles. The van der Waals surface area contributed by atoms with Crippen LogP contribution in [0.15, 0.2) is 34.6 Å². The van der Waals surface area contributed by atoms with E-state index < -0.39 is 0 Å². The van der Waals surface area contributed by atoms with Crippen LogP contribution in [-0.4, -0.2) is 0 Å². The summed E-state index contributed by atoms with van der Waals surface area (Å²) in [6, 6.07) is 6.69. The van der Waals surface area contributed by atoms with E-state index >= 15 is 0 Å². The Kier molecular flexibility index (Phi) is 4.46. The molecule has 0 aliphatic heterocycles. The average molecular weight is 220 g/mol. The second-order valence-electron chi connectivity index (χ2n) is 4.18. The largest absolute Gasteiger partial charge is 0.0946 e. The lowest BCUT2D eigenvalue weighted by Crippen LogP contribution is -1.90. The molecule has 0 amide bonds. The van der Waals surface area contributed by atoms with Gasteiger partial charge in [0, 0.05) is 4.90 Å². The summed E-state index contributed by atoms with van der Waals surface area (Å²) in [5.74, 6) is 0.541. The van der Waals surface area contributed by atoms with Crippen LogP contribution in [0.1, 0.15) is 31.9 Å². The Balaban J connectivity index is 2.88. The van der Waals surface area contributed by atoms with Crippen molar-refractivity contribution in [3.8, 4) is 0 Å².